The predicted molar refractivity (Wildman–Crippen MR) is 121 cm³/mol. The van der Waals surface area contributed by atoms with Crippen molar-refractivity contribution in [2.75, 3.05) is 26.2 Å². The molecule has 0 unspecified atom stereocenters. The number of benzene rings is 2. The summed E-state index contributed by atoms with van der Waals surface area (Å²) in [6.45, 7) is 5.42. The van der Waals surface area contributed by atoms with E-state index in [4.69, 9.17) is 0 Å². The Labute approximate surface area is 187 Å². The third-order valence-corrected chi connectivity index (χ3v) is 5.99. The Bertz CT molecular complexity index is 1140. The molecule has 2 heterocycles. The molecule has 6 nitrogen and oxygen atoms in total. The number of halogens is 1. The summed E-state index contributed by atoms with van der Waals surface area (Å²) < 4.78 is 14.2. The molecule has 166 valence electrons. The molecule has 1 saturated heterocycles. The van der Waals surface area contributed by atoms with Crippen LogP contribution in [0.1, 0.15) is 40.2 Å². The van der Waals surface area contributed by atoms with Crippen molar-refractivity contribution >= 4 is 22.8 Å². The second-order valence-corrected chi connectivity index (χ2v) is 8.23. The standard InChI is InChI=1S/C25H27FN4O2/c1-17-18(2)28-24-21(15-20(26)16-22(24)27-17)25(32)30-13-11-29(12-14-30)23(31)10-6-9-19-7-4-3-5-8-19/h3-5,7-8,15-16H,6,9-14H2,1-2H3. The van der Waals surface area contributed by atoms with Gasteiger partial charge in [-0.25, -0.2) is 14.4 Å². The molecule has 2 aromatic carbocycles. The van der Waals surface area contributed by atoms with Gasteiger partial charge in [0.25, 0.3) is 5.91 Å². The Morgan fingerprint density at radius 2 is 1.59 bits per heavy atom. The maximum atomic E-state index is 14.2. The fourth-order valence-corrected chi connectivity index (χ4v) is 4.04. The highest BCUT2D eigenvalue weighted by molar-refractivity contribution is 6.04. The number of aryl methyl sites for hydroxylation is 3. The highest BCUT2D eigenvalue weighted by atomic mass is 19.1. The number of amides is 2. The number of hydrogen-bond donors (Lipinski definition) is 0. The predicted octanol–water partition coefficient (Wildman–Crippen LogP) is 3.69. The first-order valence-electron chi connectivity index (χ1n) is 11.0. The van der Waals surface area contributed by atoms with Crippen molar-refractivity contribution in [1.82, 2.24) is 19.8 Å². The van der Waals surface area contributed by atoms with Crippen molar-refractivity contribution in [1.29, 1.82) is 0 Å². The van der Waals surface area contributed by atoms with Crippen molar-refractivity contribution in [3.63, 3.8) is 0 Å². The van der Waals surface area contributed by atoms with Crippen LogP contribution in [0.3, 0.4) is 0 Å². The molecule has 0 radical (unpaired) electrons. The molecule has 0 bridgehead atoms. The fraction of sp³-hybridized carbons (Fsp3) is 0.360. The molecule has 0 atom stereocenters. The van der Waals surface area contributed by atoms with Crippen LogP contribution in [0.25, 0.3) is 11.0 Å². The van der Waals surface area contributed by atoms with Crippen LogP contribution in [0.4, 0.5) is 4.39 Å². The number of aromatic nitrogens is 2. The molecular formula is C25H27FN4O2. The molecule has 1 aliphatic heterocycles. The molecular weight excluding hydrogens is 407 g/mol. The minimum Gasteiger partial charge on any atom is -0.339 e. The maximum absolute atomic E-state index is 14.2. The third-order valence-electron chi connectivity index (χ3n) is 5.99. The molecule has 0 spiro atoms. The summed E-state index contributed by atoms with van der Waals surface area (Å²) in [5, 5.41) is 0. The van der Waals surface area contributed by atoms with Gasteiger partial charge >= 0.3 is 0 Å². The van der Waals surface area contributed by atoms with Crippen molar-refractivity contribution in [2.24, 2.45) is 0 Å². The number of rotatable bonds is 5. The number of fused-ring (bicyclic) bond motifs is 1. The van der Waals surface area contributed by atoms with Crippen molar-refractivity contribution in [3.8, 4) is 0 Å². The zero-order valence-electron chi connectivity index (χ0n) is 18.5. The number of hydrogen-bond acceptors (Lipinski definition) is 4. The van der Waals surface area contributed by atoms with Gasteiger partial charge < -0.3 is 9.80 Å². The maximum Gasteiger partial charge on any atom is 0.256 e. The topological polar surface area (TPSA) is 66.4 Å². The Morgan fingerprint density at radius 3 is 2.31 bits per heavy atom. The number of carbonyl (C=O) groups is 2. The van der Waals surface area contributed by atoms with Gasteiger partial charge in [-0.05, 0) is 38.3 Å². The number of carbonyl (C=O) groups excluding carboxylic acids is 2. The summed E-state index contributed by atoms with van der Waals surface area (Å²) in [6, 6.07) is 12.7. The first kappa shape index (κ1) is 21.9. The molecule has 0 saturated carbocycles. The Balaban J connectivity index is 1.37. The van der Waals surface area contributed by atoms with Gasteiger partial charge in [-0.2, -0.15) is 0 Å². The normalized spacial score (nSPS) is 14.1. The average Bonchev–Trinajstić information content (AvgIpc) is 2.80. The zero-order valence-corrected chi connectivity index (χ0v) is 18.5. The third kappa shape index (κ3) is 4.77. The van der Waals surface area contributed by atoms with Gasteiger partial charge in [0.15, 0.2) is 0 Å². The molecule has 4 rings (SSSR count). The van der Waals surface area contributed by atoms with Crippen molar-refractivity contribution < 1.29 is 14.0 Å². The van der Waals surface area contributed by atoms with E-state index in [0.29, 0.717) is 55.0 Å². The molecule has 7 heteroatoms. The summed E-state index contributed by atoms with van der Waals surface area (Å²) >= 11 is 0. The fourth-order valence-electron chi connectivity index (χ4n) is 4.04. The van der Waals surface area contributed by atoms with Crippen molar-refractivity contribution in [3.05, 3.63) is 70.8 Å². The second kappa shape index (κ2) is 9.42. The van der Waals surface area contributed by atoms with E-state index in [1.807, 2.05) is 36.9 Å². The van der Waals surface area contributed by atoms with E-state index in [0.717, 1.165) is 12.8 Å². The van der Waals surface area contributed by atoms with Crippen molar-refractivity contribution in [2.45, 2.75) is 33.1 Å². The first-order chi connectivity index (χ1) is 15.4. The number of nitrogens with zero attached hydrogens (tertiary/aromatic N) is 4. The smallest absolute Gasteiger partial charge is 0.256 e. The van der Waals surface area contributed by atoms with Gasteiger partial charge in [-0.3, -0.25) is 9.59 Å². The lowest BCUT2D eigenvalue weighted by Gasteiger charge is -2.35. The van der Waals surface area contributed by atoms with E-state index in [2.05, 4.69) is 22.1 Å². The summed E-state index contributed by atoms with van der Waals surface area (Å²) in [4.78, 5) is 38.1. The van der Waals surface area contributed by atoms with Crippen LogP contribution in [0.5, 0.6) is 0 Å². The highest BCUT2D eigenvalue weighted by Gasteiger charge is 2.26. The lowest BCUT2D eigenvalue weighted by Crippen LogP contribution is -2.50. The Morgan fingerprint density at radius 1 is 0.938 bits per heavy atom. The highest BCUT2D eigenvalue weighted by Crippen LogP contribution is 2.21. The molecule has 1 fully saturated rings. The van der Waals surface area contributed by atoms with E-state index < -0.39 is 5.82 Å². The van der Waals surface area contributed by atoms with Gasteiger partial charge in [0.1, 0.15) is 11.3 Å². The van der Waals surface area contributed by atoms with E-state index in [-0.39, 0.29) is 17.4 Å². The Kier molecular flexibility index (Phi) is 6.44. The Hall–Kier alpha value is -3.35. The number of piperazine rings is 1. The quantitative estimate of drug-likeness (QED) is 0.614. The minimum atomic E-state index is -0.509. The van der Waals surface area contributed by atoms with Crippen LogP contribution in [-0.4, -0.2) is 57.8 Å². The van der Waals surface area contributed by atoms with Crippen LogP contribution in [0, 0.1) is 19.7 Å². The second-order valence-electron chi connectivity index (χ2n) is 8.23. The monoisotopic (exact) mass is 434 g/mol. The summed E-state index contributed by atoms with van der Waals surface area (Å²) in [7, 11) is 0. The van der Waals surface area contributed by atoms with Crippen LogP contribution in [0.2, 0.25) is 0 Å². The van der Waals surface area contributed by atoms with Gasteiger partial charge in [0.05, 0.1) is 22.5 Å². The summed E-state index contributed by atoms with van der Waals surface area (Å²) in [5.41, 5.74) is 3.66. The van der Waals surface area contributed by atoms with Gasteiger partial charge in [0.2, 0.25) is 5.91 Å². The molecule has 2 amide bonds. The van der Waals surface area contributed by atoms with E-state index in [1.54, 1.807) is 4.90 Å². The molecule has 0 aliphatic carbocycles. The van der Waals surface area contributed by atoms with E-state index >= 15 is 0 Å². The summed E-state index contributed by atoms with van der Waals surface area (Å²) in [5.74, 6) is -0.671. The summed E-state index contributed by atoms with van der Waals surface area (Å²) in [6.07, 6.45) is 2.16. The molecule has 0 N–H and O–H groups in total. The minimum absolute atomic E-state index is 0.112. The van der Waals surface area contributed by atoms with Crippen LogP contribution in [-0.2, 0) is 11.2 Å². The van der Waals surface area contributed by atoms with Crippen LogP contribution in [0.15, 0.2) is 42.5 Å². The molecule has 3 aromatic rings. The average molecular weight is 435 g/mol. The van der Waals surface area contributed by atoms with Crippen LogP contribution >= 0.6 is 0 Å². The van der Waals surface area contributed by atoms with Gasteiger partial charge in [-0.1, -0.05) is 30.3 Å². The van der Waals surface area contributed by atoms with Crippen LogP contribution < -0.4 is 0 Å². The zero-order chi connectivity index (χ0) is 22.7. The molecule has 1 aliphatic rings. The lowest BCUT2D eigenvalue weighted by molar-refractivity contribution is -0.132. The van der Waals surface area contributed by atoms with Gasteiger partial charge in [0, 0.05) is 38.7 Å². The largest absolute Gasteiger partial charge is 0.339 e. The van der Waals surface area contributed by atoms with Gasteiger partial charge in [-0.15, -0.1) is 0 Å². The van der Waals surface area contributed by atoms with E-state index in [9.17, 15) is 14.0 Å². The molecule has 1 aromatic heterocycles. The SMILES string of the molecule is Cc1nc2cc(F)cc(C(=O)N3CCN(C(=O)CCCc4ccccc4)CC3)c2nc1C. The lowest BCUT2D eigenvalue weighted by atomic mass is 10.1. The van der Waals surface area contributed by atoms with E-state index in [1.165, 1.54) is 17.7 Å². The molecule has 32 heavy (non-hydrogen) atoms. The first-order valence-corrected chi connectivity index (χ1v) is 11.0.